The largest absolute Gasteiger partial charge is 0.341 e. The van der Waals surface area contributed by atoms with Crippen molar-refractivity contribution in [2.24, 2.45) is 0 Å². The molecule has 0 radical (unpaired) electrons. The number of carbonyl (C=O) groups excluding carboxylic acids is 1. The Morgan fingerprint density at radius 1 is 1.40 bits per heavy atom. The highest BCUT2D eigenvalue weighted by Crippen LogP contribution is 2.10. The van der Waals surface area contributed by atoms with E-state index in [0.29, 0.717) is 6.54 Å². The topological polar surface area (TPSA) is 50.2 Å². The van der Waals surface area contributed by atoms with Crippen LogP contribution in [0.4, 0.5) is 0 Å². The monoisotopic (exact) mass is 278 g/mol. The molecule has 0 aliphatic carbocycles. The first kappa shape index (κ1) is 15.0. The zero-order valence-electron chi connectivity index (χ0n) is 12.6. The molecule has 1 amide bonds. The van der Waals surface area contributed by atoms with Crippen LogP contribution in [0.2, 0.25) is 0 Å². The molecular weight excluding hydrogens is 252 g/mol. The molecule has 20 heavy (non-hydrogen) atoms. The molecule has 1 aromatic rings. The van der Waals surface area contributed by atoms with Crippen LogP contribution in [-0.4, -0.2) is 39.5 Å². The fourth-order valence-electron chi connectivity index (χ4n) is 2.67. The molecule has 1 aliphatic heterocycles. The van der Waals surface area contributed by atoms with Crippen LogP contribution in [0.3, 0.4) is 0 Å². The molecule has 1 unspecified atom stereocenters. The van der Waals surface area contributed by atoms with Gasteiger partial charge in [0.1, 0.15) is 0 Å². The summed E-state index contributed by atoms with van der Waals surface area (Å²) in [4.78, 5) is 18.5. The van der Waals surface area contributed by atoms with Crippen LogP contribution in [0.25, 0.3) is 0 Å². The number of hydrogen-bond donors (Lipinski definition) is 1. The third-order valence-electron chi connectivity index (χ3n) is 3.89. The average molecular weight is 278 g/mol. The van der Waals surface area contributed by atoms with E-state index in [-0.39, 0.29) is 11.9 Å². The standard InChI is InChI=1S/C15H26N4O/c1-3-7-19-12-16-10-14(19)11-17-13(2)15(20)18-8-5-4-6-9-18/h10,12-13,17H,3-9,11H2,1-2H3. The first-order chi connectivity index (χ1) is 9.72. The summed E-state index contributed by atoms with van der Waals surface area (Å²) in [6.45, 7) is 7.61. The number of aromatic nitrogens is 2. The third-order valence-corrected chi connectivity index (χ3v) is 3.89. The minimum atomic E-state index is -0.127. The minimum absolute atomic E-state index is 0.127. The van der Waals surface area contributed by atoms with Gasteiger partial charge >= 0.3 is 0 Å². The van der Waals surface area contributed by atoms with Gasteiger partial charge in [0.05, 0.1) is 18.1 Å². The zero-order chi connectivity index (χ0) is 14.4. The maximum absolute atomic E-state index is 12.3. The summed E-state index contributed by atoms with van der Waals surface area (Å²) in [6, 6.07) is -0.127. The van der Waals surface area contributed by atoms with Crippen molar-refractivity contribution in [3.63, 3.8) is 0 Å². The van der Waals surface area contributed by atoms with Crippen LogP contribution >= 0.6 is 0 Å². The lowest BCUT2D eigenvalue weighted by molar-refractivity contribution is -0.133. The van der Waals surface area contributed by atoms with Crippen molar-refractivity contribution in [3.8, 4) is 0 Å². The lowest BCUT2D eigenvalue weighted by atomic mass is 10.1. The smallest absolute Gasteiger partial charge is 0.239 e. The Hall–Kier alpha value is -1.36. The number of nitrogens with zero attached hydrogens (tertiary/aromatic N) is 3. The molecule has 1 N–H and O–H groups in total. The van der Waals surface area contributed by atoms with Gasteiger partial charge in [-0.25, -0.2) is 4.98 Å². The van der Waals surface area contributed by atoms with Crippen LogP contribution in [-0.2, 0) is 17.9 Å². The first-order valence-corrected chi connectivity index (χ1v) is 7.73. The number of piperidine rings is 1. The fraction of sp³-hybridized carbons (Fsp3) is 0.733. The van der Waals surface area contributed by atoms with Crippen molar-refractivity contribution in [2.45, 2.75) is 58.7 Å². The van der Waals surface area contributed by atoms with E-state index in [1.165, 1.54) is 6.42 Å². The summed E-state index contributed by atoms with van der Waals surface area (Å²) >= 11 is 0. The van der Waals surface area contributed by atoms with Gasteiger partial charge in [0.15, 0.2) is 0 Å². The maximum atomic E-state index is 12.3. The van der Waals surface area contributed by atoms with E-state index in [9.17, 15) is 4.79 Å². The summed E-state index contributed by atoms with van der Waals surface area (Å²) < 4.78 is 2.14. The second-order valence-corrected chi connectivity index (χ2v) is 5.57. The Labute approximate surface area is 121 Å². The van der Waals surface area contributed by atoms with Crippen LogP contribution in [0, 0.1) is 0 Å². The quantitative estimate of drug-likeness (QED) is 0.863. The zero-order valence-corrected chi connectivity index (χ0v) is 12.6. The lowest BCUT2D eigenvalue weighted by Crippen LogP contribution is -2.46. The Bertz CT molecular complexity index is 423. The number of amides is 1. The van der Waals surface area contributed by atoms with Gasteiger partial charge in [0.2, 0.25) is 5.91 Å². The Balaban J connectivity index is 1.83. The van der Waals surface area contributed by atoms with Gasteiger partial charge in [-0.2, -0.15) is 0 Å². The van der Waals surface area contributed by atoms with E-state index in [1.807, 2.05) is 24.3 Å². The predicted molar refractivity (Wildman–Crippen MR) is 79.3 cm³/mol. The van der Waals surface area contributed by atoms with Crippen LogP contribution in [0.1, 0.15) is 45.2 Å². The Kier molecular flexibility index (Phi) is 5.59. The van der Waals surface area contributed by atoms with Gasteiger partial charge in [0.25, 0.3) is 0 Å². The molecule has 1 aliphatic rings. The number of nitrogens with one attached hydrogen (secondary N) is 1. The lowest BCUT2D eigenvalue weighted by Gasteiger charge is -2.29. The highest BCUT2D eigenvalue weighted by Gasteiger charge is 2.21. The summed E-state index contributed by atoms with van der Waals surface area (Å²) in [5.41, 5.74) is 1.14. The van der Waals surface area contributed by atoms with E-state index in [1.54, 1.807) is 0 Å². The van der Waals surface area contributed by atoms with Crippen LogP contribution in [0.5, 0.6) is 0 Å². The number of imidazole rings is 1. The number of hydrogen-bond acceptors (Lipinski definition) is 3. The summed E-state index contributed by atoms with van der Waals surface area (Å²) in [5.74, 6) is 0.228. The second-order valence-electron chi connectivity index (χ2n) is 5.57. The van der Waals surface area contributed by atoms with Crippen LogP contribution in [0.15, 0.2) is 12.5 Å². The summed E-state index contributed by atoms with van der Waals surface area (Å²) in [5, 5.41) is 3.33. The number of rotatable bonds is 6. The normalized spacial score (nSPS) is 17.2. The van der Waals surface area contributed by atoms with E-state index < -0.39 is 0 Å². The second kappa shape index (κ2) is 7.43. The Morgan fingerprint density at radius 3 is 2.85 bits per heavy atom. The molecule has 0 spiro atoms. The van der Waals surface area contributed by atoms with Crippen molar-refractivity contribution >= 4 is 5.91 Å². The molecule has 0 bridgehead atoms. The molecular formula is C15H26N4O. The minimum Gasteiger partial charge on any atom is -0.341 e. The first-order valence-electron chi connectivity index (χ1n) is 7.73. The molecule has 112 valence electrons. The Morgan fingerprint density at radius 2 is 2.15 bits per heavy atom. The van der Waals surface area contributed by atoms with Crippen LogP contribution < -0.4 is 5.32 Å². The highest BCUT2D eigenvalue weighted by atomic mass is 16.2. The molecule has 1 saturated heterocycles. The molecule has 5 nitrogen and oxygen atoms in total. The van der Waals surface area contributed by atoms with Gasteiger partial charge in [0, 0.05) is 32.4 Å². The van der Waals surface area contributed by atoms with E-state index >= 15 is 0 Å². The van der Waals surface area contributed by atoms with Gasteiger partial charge < -0.3 is 14.8 Å². The number of aryl methyl sites for hydroxylation is 1. The third kappa shape index (κ3) is 3.82. The molecule has 2 heterocycles. The van der Waals surface area contributed by atoms with E-state index in [4.69, 9.17) is 0 Å². The number of likely N-dealkylation sites (tertiary alicyclic amines) is 1. The van der Waals surface area contributed by atoms with Gasteiger partial charge in [-0.1, -0.05) is 6.92 Å². The predicted octanol–water partition coefficient (Wildman–Crippen LogP) is 1.78. The van der Waals surface area contributed by atoms with Crippen molar-refractivity contribution in [1.29, 1.82) is 0 Å². The van der Waals surface area contributed by atoms with Gasteiger partial charge in [-0.15, -0.1) is 0 Å². The SMILES string of the molecule is CCCn1cncc1CNC(C)C(=O)N1CCCCC1. The summed E-state index contributed by atoms with van der Waals surface area (Å²) in [6.07, 6.45) is 8.36. The molecule has 1 atom stereocenters. The summed E-state index contributed by atoms with van der Waals surface area (Å²) in [7, 11) is 0. The molecule has 5 heteroatoms. The van der Waals surface area contributed by atoms with Gasteiger partial charge in [-0.3, -0.25) is 4.79 Å². The highest BCUT2D eigenvalue weighted by molar-refractivity contribution is 5.81. The van der Waals surface area contributed by atoms with Crippen molar-refractivity contribution in [2.75, 3.05) is 13.1 Å². The van der Waals surface area contributed by atoms with E-state index in [0.717, 1.165) is 44.6 Å². The molecule has 0 saturated carbocycles. The van der Waals surface area contributed by atoms with Crippen molar-refractivity contribution in [1.82, 2.24) is 19.8 Å². The van der Waals surface area contributed by atoms with E-state index in [2.05, 4.69) is 21.8 Å². The average Bonchev–Trinajstić information content (AvgIpc) is 2.92. The molecule has 0 aromatic carbocycles. The molecule has 2 rings (SSSR count). The molecule has 1 aromatic heterocycles. The molecule has 1 fully saturated rings. The van der Waals surface area contributed by atoms with Gasteiger partial charge in [-0.05, 0) is 32.6 Å². The fourth-order valence-corrected chi connectivity index (χ4v) is 2.67. The number of carbonyl (C=O) groups is 1. The van der Waals surface area contributed by atoms with Crippen molar-refractivity contribution in [3.05, 3.63) is 18.2 Å². The maximum Gasteiger partial charge on any atom is 0.239 e. The van der Waals surface area contributed by atoms with Crippen molar-refractivity contribution < 1.29 is 4.79 Å².